The molecule has 2 aromatic rings. The first-order valence-electron chi connectivity index (χ1n) is 8.37. The van der Waals surface area contributed by atoms with Crippen LogP contribution in [-0.2, 0) is 0 Å². The summed E-state index contributed by atoms with van der Waals surface area (Å²) in [4.78, 5) is 18.1. The number of urea groups is 1. The number of anilines is 1. The normalized spacial score (nSPS) is 16.7. The molecule has 3 rings (SSSR count). The van der Waals surface area contributed by atoms with Crippen LogP contribution in [0.25, 0.3) is 0 Å². The maximum Gasteiger partial charge on any atom is 0.325 e. The monoisotopic (exact) mass is 347 g/mol. The van der Waals surface area contributed by atoms with Crippen LogP contribution in [0.4, 0.5) is 15.2 Å². The number of likely N-dealkylation sites (tertiary alicyclic amines) is 1. The lowest BCUT2D eigenvalue weighted by Gasteiger charge is -2.34. The van der Waals surface area contributed by atoms with Gasteiger partial charge in [0.15, 0.2) is 0 Å². The highest BCUT2D eigenvalue weighted by atomic mass is 19.1. The van der Waals surface area contributed by atoms with Crippen molar-refractivity contribution in [1.29, 1.82) is 0 Å². The predicted octanol–water partition coefficient (Wildman–Crippen LogP) is 3.41. The van der Waals surface area contributed by atoms with Crippen LogP contribution in [0, 0.1) is 25.6 Å². The minimum Gasteiger partial charge on any atom is -0.428 e. The second kappa shape index (κ2) is 7.23. The van der Waals surface area contributed by atoms with Crippen LogP contribution in [0.2, 0.25) is 0 Å². The number of piperidine rings is 1. The molecule has 2 N–H and O–H groups in total. The molecule has 0 radical (unpaired) electrons. The lowest BCUT2D eigenvalue weighted by atomic mass is 9.87. The van der Waals surface area contributed by atoms with Crippen molar-refractivity contribution in [3.05, 3.63) is 47.1 Å². The van der Waals surface area contributed by atoms with Crippen LogP contribution in [0.5, 0.6) is 0 Å². The Labute approximate surface area is 145 Å². The van der Waals surface area contributed by atoms with Gasteiger partial charge < -0.3 is 14.4 Å². The van der Waals surface area contributed by atoms with Crippen LogP contribution in [-0.4, -0.2) is 34.1 Å². The number of amides is 2. The lowest BCUT2D eigenvalue weighted by molar-refractivity contribution is 0.0682. The Morgan fingerprint density at radius 1 is 1.32 bits per heavy atom. The van der Waals surface area contributed by atoms with E-state index in [0.29, 0.717) is 37.3 Å². The third kappa shape index (κ3) is 3.99. The van der Waals surface area contributed by atoms with Gasteiger partial charge in [-0.1, -0.05) is 12.1 Å². The molecule has 1 aromatic heterocycles. The molecule has 134 valence electrons. The Morgan fingerprint density at radius 3 is 2.52 bits per heavy atom. The second-order valence-corrected chi connectivity index (χ2v) is 6.41. The van der Waals surface area contributed by atoms with Crippen LogP contribution >= 0.6 is 0 Å². The van der Waals surface area contributed by atoms with Gasteiger partial charge in [-0.2, -0.15) is 4.98 Å². The van der Waals surface area contributed by atoms with Crippen LogP contribution in [0.1, 0.15) is 36.0 Å². The van der Waals surface area contributed by atoms with E-state index in [1.54, 1.807) is 24.0 Å². The number of hydrogen-bond donors (Lipinski definition) is 2. The maximum absolute atomic E-state index is 13.0. The van der Waals surface area contributed by atoms with Crippen molar-refractivity contribution in [3.8, 4) is 0 Å². The third-order valence-corrected chi connectivity index (χ3v) is 4.73. The van der Waals surface area contributed by atoms with E-state index in [1.807, 2.05) is 6.92 Å². The highest BCUT2D eigenvalue weighted by molar-refractivity contribution is 5.87. The van der Waals surface area contributed by atoms with Crippen molar-refractivity contribution in [2.45, 2.75) is 32.8 Å². The average molecular weight is 347 g/mol. The van der Waals surface area contributed by atoms with Gasteiger partial charge in [0.05, 0.1) is 11.8 Å². The summed E-state index contributed by atoms with van der Waals surface area (Å²) in [6.07, 6.45) is 0.702. The molecular weight excluding hydrogens is 325 g/mol. The van der Waals surface area contributed by atoms with E-state index in [2.05, 4.69) is 10.3 Å². The molecule has 1 saturated heterocycles. The minimum absolute atomic E-state index is 0.0423. The molecule has 2 amide bonds. The van der Waals surface area contributed by atoms with Crippen molar-refractivity contribution in [2.24, 2.45) is 5.92 Å². The van der Waals surface area contributed by atoms with E-state index < -0.39 is 6.10 Å². The lowest BCUT2D eigenvalue weighted by Crippen LogP contribution is -2.42. The SMILES string of the molecule is Cc1nc(NC(=O)N2CCC(C(O)c3ccc(F)cc3)CC2)oc1C. The van der Waals surface area contributed by atoms with Gasteiger partial charge in [0.2, 0.25) is 0 Å². The Morgan fingerprint density at radius 2 is 1.96 bits per heavy atom. The van der Waals surface area contributed by atoms with Crippen molar-refractivity contribution in [1.82, 2.24) is 9.88 Å². The Bertz CT molecular complexity index is 717. The number of nitrogens with one attached hydrogen (secondary N) is 1. The van der Waals surface area contributed by atoms with Gasteiger partial charge in [-0.05, 0) is 50.3 Å². The smallest absolute Gasteiger partial charge is 0.325 e. The molecule has 1 unspecified atom stereocenters. The zero-order valence-corrected chi connectivity index (χ0v) is 14.3. The molecule has 2 heterocycles. The molecule has 0 aliphatic carbocycles. The van der Waals surface area contributed by atoms with E-state index in [-0.39, 0.29) is 23.8 Å². The molecule has 1 aliphatic heterocycles. The largest absolute Gasteiger partial charge is 0.428 e. The summed E-state index contributed by atoms with van der Waals surface area (Å²) in [5.74, 6) is 0.400. The van der Waals surface area contributed by atoms with Crippen molar-refractivity contribution in [2.75, 3.05) is 18.4 Å². The first kappa shape index (κ1) is 17.4. The summed E-state index contributed by atoms with van der Waals surface area (Å²) in [7, 11) is 0. The van der Waals surface area contributed by atoms with Crippen LogP contribution in [0.15, 0.2) is 28.7 Å². The number of aryl methyl sites for hydroxylation is 2. The third-order valence-electron chi connectivity index (χ3n) is 4.73. The molecule has 7 heteroatoms. The topological polar surface area (TPSA) is 78.6 Å². The van der Waals surface area contributed by atoms with E-state index in [9.17, 15) is 14.3 Å². The summed E-state index contributed by atoms with van der Waals surface area (Å²) >= 11 is 0. The van der Waals surface area contributed by atoms with Gasteiger partial charge >= 0.3 is 12.0 Å². The fourth-order valence-corrected chi connectivity index (χ4v) is 3.05. The molecule has 0 bridgehead atoms. The minimum atomic E-state index is -0.650. The summed E-state index contributed by atoms with van der Waals surface area (Å²) in [5.41, 5.74) is 1.45. The molecule has 0 spiro atoms. The van der Waals surface area contributed by atoms with E-state index in [1.165, 1.54) is 12.1 Å². The number of carbonyl (C=O) groups excluding carboxylic acids is 1. The standard InChI is InChI=1S/C18H22FN3O3/c1-11-12(2)25-17(20-11)21-18(24)22-9-7-14(8-10-22)16(23)13-3-5-15(19)6-4-13/h3-6,14,16,23H,7-10H2,1-2H3,(H,20,21,24). The highest BCUT2D eigenvalue weighted by Gasteiger charge is 2.28. The first-order valence-corrected chi connectivity index (χ1v) is 8.37. The number of aliphatic hydroxyl groups is 1. The van der Waals surface area contributed by atoms with Crippen molar-refractivity contribution in [3.63, 3.8) is 0 Å². The fourth-order valence-electron chi connectivity index (χ4n) is 3.05. The fraction of sp³-hybridized carbons (Fsp3) is 0.444. The second-order valence-electron chi connectivity index (χ2n) is 6.41. The maximum atomic E-state index is 13.0. The van der Waals surface area contributed by atoms with Crippen LogP contribution < -0.4 is 5.32 Å². The van der Waals surface area contributed by atoms with Gasteiger partial charge in [-0.25, -0.2) is 9.18 Å². The molecule has 25 heavy (non-hydrogen) atoms. The number of carbonyl (C=O) groups is 1. The summed E-state index contributed by atoms with van der Waals surface area (Å²) in [6, 6.07) is 5.85. The summed E-state index contributed by atoms with van der Waals surface area (Å²) in [5, 5.41) is 13.1. The zero-order valence-electron chi connectivity index (χ0n) is 14.3. The molecular formula is C18H22FN3O3. The highest BCUT2D eigenvalue weighted by Crippen LogP contribution is 2.31. The molecule has 6 nitrogen and oxygen atoms in total. The number of aromatic nitrogens is 1. The van der Waals surface area contributed by atoms with E-state index >= 15 is 0 Å². The van der Waals surface area contributed by atoms with Crippen molar-refractivity contribution >= 4 is 12.0 Å². The molecule has 1 aliphatic rings. The quantitative estimate of drug-likeness (QED) is 0.892. The van der Waals surface area contributed by atoms with Gasteiger partial charge in [0, 0.05) is 13.1 Å². The number of benzene rings is 1. The van der Waals surface area contributed by atoms with Crippen LogP contribution in [0.3, 0.4) is 0 Å². The molecule has 1 fully saturated rings. The number of halogens is 1. The summed E-state index contributed by atoms with van der Waals surface area (Å²) < 4.78 is 18.4. The number of hydrogen-bond acceptors (Lipinski definition) is 4. The van der Waals surface area contributed by atoms with Crippen molar-refractivity contribution < 1.29 is 18.7 Å². The number of nitrogens with zero attached hydrogens (tertiary/aromatic N) is 2. The summed E-state index contributed by atoms with van der Waals surface area (Å²) in [6.45, 7) is 4.68. The van der Waals surface area contributed by atoms with E-state index in [4.69, 9.17) is 4.42 Å². The molecule has 1 atom stereocenters. The van der Waals surface area contributed by atoms with Gasteiger partial charge in [-0.15, -0.1) is 0 Å². The predicted molar refractivity (Wildman–Crippen MR) is 90.7 cm³/mol. The van der Waals surface area contributed by atoms with E-state index in [0.717, 1.165) is 5.69 Å². The van der Waals surface area contributed by atoms with Gasteiger partial charge in [-0.3, -0.25) is 5.32 Å². The number of aliphatic hydroxyl groups excluding tert-OH is 1. The molecule has 1 aromatic carbocycles. The zero-order chi connectivity index (χ0) is 18.0. The average Bonchev–Trinajstić information content (AvgIpc) is 2.92. The number of rotatable bonds is 3. The molecule has 0 saturated carbocycles. The first-order chi connectivity index (χ1) is 11.9. The Hall–Kier alpha value is -2.41. The van der Waals surface area contributed by atoms with Gasteiger partial charge in [0.25, 0.3) is 0 Å². The van der Waals surface area contributed by atoms with Gasteiger partial charge in [0.1, 0.15) is 11.6 Å². The number of oxazole rings is 1. The Kier molecular flexibility index (Phi) is 5.03. The Balaban J connectivity index is 1.54.